The molecule has 0 amide bonds. The third-order valence-electron chi connectivity index (χ3n) is 9.32. The molecule has 26 heavy (non-hydrogen) atoms. The largest absolute Gasteiger partial charge is 0.458 e. The number of rotatable bonds is 0. The van der Waals surface area contributed by atoms with Crippen LogP contribution in [0.25, 0.3) is 0 Å². The quantitative estimate of drug-likeness (QED) is 0.501. The Hall–Kier alpha value is -0.770. The molecule has 1 saturated heterocycles. The van der Waals surface area contributed by atoms with Gasteiger partial charge in [-0.1, -0.05) is 19.4 Å². The molecule has 4 fully saturated rings. The van der Waals surface area contributed by atoms with Crippen LogP contribution >= 0.6 is 12.6 Å². The average molecular weight is 375 g/mol. The summed E-state index contributed by atoms with van der Waals surface area (Å²) in [4.78, 5) is 24.0. The lowest BCUT2D eigenvalue weighted by atomic mass is 9.46. The van der Waals surface area contributed by atoms with Gasteiger partial charge in [-0.15, -0.1) is 0 Å². The van der Waals surface area contributed by atoms with E-state index in [1.165, 1.54) is 12.0 Å². The van der Waals surface area contributed by atoms with Gasteiger partial charge >= 0.3 is 5.97 Å². The van der Waals surface area contributed by atoms with Crippen molar-refractivity contribution in [3.8, 4) is 0 Å². The number of carbonyl (C=O) groups excluding carboxylic acids is 2. The van der Waals surface area contributed by atoms with Crippen molar-refractivity contribution in [2.24, 2.45) is 28.6 Å². The number of thiol groups is 1. The highest BCUT2D eigenvalue weighted by atomic mass is 32.1. The number of fused-ring (bicyclic) bond motifs is 6. The van der Waals surface area contributed by atoms with Crippen LogP contribution in [-0.2, 0) is 14.3 Å². The average Bonchev–Trinajstić information content (AvgIpc) is 3.11. The molecule has 0 radical (unpaired) electrons. The van der Waals surface area contributed by atoms with Crippen LogP contribution in [0.4, 0.5) is 0 Å². The molecule has 4 heteroatoms. The lowest BCUT2D eigenvalue weighted by Gasteiger charge is -2.60. The Morgan fingerprint density at radius 3 is 2.54 bits per heavy atom. The Morgan fingerprint density at radius 1 is 1.04 bits per heavy atom. The van der Waals surface area contributed by atoms with Gasteiger partial charge in [0.1, 0.15) is 5.60 Å². The van der Waals surface area contributed by atoms with Crippen LogP contribution < -0.4 is 0 Å². The van der Waals surface area contributed by atoms with Crippen molar-refractivity contribution in [1.82, 2.24) is 0 Å². The summed E-state index contributed by atoms with van der Waals surface area (Å²) in [5, 5.41) is 0.321. The fraction of sp³-hybridized carbons (Fsp3) is 0.818. The first kappa shape index (κ1) is 17.3. The molecular weight excluding hydrogens is 344 g/mol. The molecule has 0 N–H and O–H groups in total. The van der Waals surface area contributed by atoms with Gasteiger partial charge in [0, 0.05) is 23.5 Å². The number of ether oxygens (including phenoxy) is 1. The lowest BCUT2D eigenvalue weighted by molar-refractivity contribution is -0.167. The standard InChI is InChI=1S/C22H30O3S/c1-20-7-3-14(23)11-13(20)12-17(26)19-15(20)4-8-21(2)16(19)5-9-22(21)10-6-18(24)25-22/h11,15-17,19,26H,3-10,12H2,1-2H3/t15-,16-,17+,19-,20-,21-,22+/m0/s1. The highest BCUT2D eigenvalue weighted by molar-refractivity contribution is 7.81. The van der Waals surface area contributed by atoms with E-state index < -0.39 is 0 Å². The highest BCUT2D eigenvalue weighted by Crippen LogP contribution is 2.70. The van der Waals surface area contributed by atoms with Crippen molar-refractivity contribution >= 4 is 24.4 Å². The third-order valence-corrected chi connectivity index (χ3v) is 9.84. The van der Waals surface area contributed by atoms with E-state index >= 15 is 0 Å². The van der Waals surface area contributed by atoms with Gasteiger partial charge < -0.3 is 4.74 Å². The van der Waals surface area contributed by atoms with Gasteiger partial charge in [-0.2, -0.15) is 12.6 Å². The minimum atomic E-state index is -0.216. The first-order valence-corrected chi connectivity index (χ1v) is 10.9. The number of carbonyl (C=O) groups is 2. The second-order valence-electron chi connectivity index (χ2n) is 10.1. The Balaban J connectivity index is 1.53. The minimum Gasteiger partial charge on any atom is -0.458 e. The molecule has 0 aromatic carbocycles. The van der Waals surface area contributed by atoms with Crippen molar-refractivity contribution in [2.75, 3.05) is 0 Å². The van der Waals surface area contributed by atoms with Gasteiger partial charge in [0.15, 0.2) is 5.78 Å². The van der Waals surface area contributed by atoms with E-state index in [1.54, 1.807) is 0 Å². The molecule has 1 spiro atoms. The molecular formula is C22H30O3S. The zero-order valence-electron chi connectivity index (χ0n) is 15.9. The molecule has 0 bridgehead atoms. The smallest absolute Gasteiger partial charge is 0.306 e. The van der Waals surface area contributed by atoms with E-state index in [0.717, 1.165) is 38.5 Å². The summed E-state index contributed by atoms with van der Waals surface area (Å²) in [5.41, 5.74) is 1.41. The van der Waals surface area contributed by atoms with E-state index in [4.69, 9.17) is 17.4 Å². The highest BCUT2D eigenvalue weighted by Gasteiger charge is 2.68. The molecule has 142 valence electrons. The summed E-state index contributed by atoms with van der Waals surface area (Å²) in [5.74, 6) is 2.08. The van der Waals surface area contributed by atoms with Crippen LogP contribution in [0.3, 0.4) is 0 Å². The number of hydrogen-bond donors (Lipinski definition) is 1. The van der Waals surface area contributed by atoms with E-state index in [-0.39, 0.29) is 22.4 Å². The molecule has 4 aliphatic carbocycles. The van der Waals surface area contributed by atoms with Crippen molar-refractivity contribution in [3.05, 3.63) is 11.6 Å². The Labute approximate surface area is 161 Å². The molecule has 1 aliphatic heterocycles. The molecule has 5 aliphatic rings. The Kier molecular flexibility index (Phi) is 3.60. The predicted molar refractivity (Wildman–Crippen MR) is 103 cm³/mol. The Bertz CT molecular complexity index is 714. The van der Waals surface area contributed by atoms with Crippen LogP contribution in [0.5, 0.6) is 0 Å². The van der Waals surface area contributed by atoms with E-state index in [2.05, 4.69) is 13.8 Å². The van der Waals surface area contributed by atoms with E-state index in [9.17, 15) is 9.59 Å². The number of ketones is 1. The monoisotopic (exact) mass is 374 g/mol. The maximum absolute atomic E-state index is 12.0. The van der Waals surface area contributed by atoms with Gasteiger partial charge in [-0.05, 0) is 74.2 Å². The molecule has 0 unspecified atom stereocenters. The first-order valence-electron chi connectivity index (χ1n) is 10.4. The predicted octanol–water partition coefficient (Wildman–Crippen LogP) is 4.50. The number of hydrogen-bond acceptors (Lipinski definition) is 4. The molecule has 1 heterocycles. The molecule has 3 nitrogen and oxygen atoms in total. The molecule has 5 rings (SSSR count). The second kappa shape index (κ2) is 5.40. The van der Waals surface area contributed by atoms with Gasteiger partial charge in [-0.3, -0.25) is 9.59 Å². The van der Waals surface area contributed by atoms with Crippen LogP contribution in [0.1, 0.15) is 71.6 Å². The van der Waals surface area contributed by atoms with E-state index in [0.29, 0.717) is 41.6 Å². The van der Waals surface area contributed by atoms with Gasteiger partial charge in [0.25, 0.3) is 0 Å². The Morgan fingerprint density at radius 2 is 1.81 bits per heavy atom. The normalized spacial score (nSPS) is 53.0. The third kappa shape index (κ3) is 2.03. The second-order valence-corrected chi connectivity index (χ2v) is 10.7. The lowest BCUT2D eigenvalue weighted by Crippen LogP contribution is -2.57. The fourth-order valence-corrected chi connectivity index (χ4v) is 8.44. The van der Waals surface area contributed by atoms with Crippen LogP contribution in [-0.4, -0.2) is 22.6 Å². The summed E-state index contributed by atoms with van der Waals surface area (Å²) in [6.07, 6.45) is 10.6. The van der Waals surface area contributed by atoms with Crippen molar-refractivity contribution in [3.63, 3.8) is 0 Å². The fourth-order valence-electron chi connectivity index (χ4n) is 7.82. The topological polar surface area (TPSA) is 43.4 Å². The molecule has 0 aromatic rings. The summed E-state index contributed by atoms with van der Waals surface area (Å²) >= 11 is 5.07. The minimum absolute atomic E-state index is 0.00282. The van der Waals surface area contributed by atoms with Crippen molar-refractivity contribution in [1.29, 1.82) is 0 Å². The van der Waals surface area contributed by atoms with Crippen molar-refractivity contribution in [2.45, 2.75) is 82.5 Å². The van der Waals surface area contributed by atoms with E-state index in [1.807, 2.05) is 6.08 Å². The zero-order valence-corrected chi connectivity index (χ0v) is 16.8. The van der Waals surface area contributed by atoms with Gasteiger partial charge in [-0.25, -0.2) is 0 Å². The maximum Gasteiger partial charge on any atom is 0.306 e. The number of esters is 1. The first-order chi connectivity index (χ1) is 12.3. The SMILES string of the molecule is C[C@]12CCC(=O)C=C1C[C@@H](S)[C@H]1[C@@H]2CC[C@@]2(C)[C@H]1CC[C@@]21CCC(=O)O1. The van der Waals surface area contributed by atoms with Gasteiger partial charge in [0.2, 0.25) is 0 Å². The summed E-state index contributed by atoms with van der Waals surface area (Å²) in [6, 6.07) is 0. The molecule has 3 saturated carbocycles. The maximum atomic E-state index is 12.0. The summed E-state index contributed by atoms with van der Waals surface area (Å²) in [7, 11) is 0. The summed E-state index contributed by atoms with van der Waals surface area (Å²) < 4.78 is 6.02. The zero-order chi connectivity index (χ0) is 18.3. The summed E-state index contributed by atoms with van der Waals surface area (Å²) in [6.45, 7) is 4.81. The van der Waals surface area contributed by atoms with Gasteiger partial charge in [0.05, 0.1) is 0 Å². The van der Waals surface area contributed by atoms with Crippen LogP contribution in [0, 0.1) is 28.6 Å². The molecule has 0 aromatic heterocycles. The number of allylic oxidation sites excluding steroid dienone is 1. The van der Waals surface area contributed by atoms with Crippen LogP contribution in [0.2, 0.25) is 0 Å². The van der Waals surface area contributed by atoms with Crippen LogP contribution in [0.15, 0.2) is 11.6 Å². The molecule has 7 atom stereocenters. The van der Waals surface area contributed by atoms with Crippen molar-refractivity contribution < 1.29 is 14.3 Å².